The molecule has 0 saturated heterocycles. The van der Waals surface area contributed by atoms with E-state index in [0.717, 1.165) is 10.6 Å². The standard InChI is InChI=1S/C11H10FNOS/c12-9-3-1-8(2-4-9)10(7-14)11-13-5-6-15-11/h1-6,10,14H,7H2. The van der Waals surface area contributed by atoms with Gasteiger partial charge in [-0.3, -0.25) is 0 Å². The van der Waals surface area contributed by atoms with Gasteiger partial charge in [0.25, 0.3) is 0 Å². The molecule has 0 radical (unpaired) electrons. The average Bonchev–Trinajstić information content (AvgIpc) is 2.75. The van der Waals surface area contributed by atoms with E-state index in [1.807, 2.05) is 5.38 Å². The van der Waals surface area contributed by atoms with Gasteiger partial charge in [-0.1, -0.05) is 12.1 Å². The molecular weight excluding hydrogens is 213 g/mol. The van der Waals surface area contributed by atoms with Crippen LogP contribution < -0.4 is 0 Å². The molecule has 1 N–H and O–H groups in total. The predicted octanol–water partition coefficient (Wildman–Crippen LogP) is 2.41. The Bertz CT molecular complexity index is 413. The van der Waals surface area contributed by atoms with Gasteiger partial charge in [-0.2, -0.15) is 0 Å². The van der Waals surface area contributed by atoms with Crippen molar-refractivity contribution in [2.75, 3.05) is 6.61 Å². The Morgan fingerprint density at radius 2 is 2.07 bits per heavy atom. The van der Waals surface area contributed by atoms with Crippen molar-refractivity contribution >= 4 is 11.3 Å². The van der Waals surface area contributed by atoms with Crippen LogP contribution in [-0.2, 0) is 0 Å². The summed E-state index contributed by atoms with van der Waals surface area (Å²) in [4.78, 5) is 4.15. The molecule has 2 nitrogen and oxygen atoms in total. The van der Waals surface area contributed by atoms with Crippen molar-refractivity contribution < 1.29 is 9.50 Å². The molecule has 15 heavy (non-hydrogen) atoms. The van der Waals surface area contributed by atoms with Crippen LogP contribution in [0.2, 0.25) is 0 Å². The summed E-state index contributed by atoms with van der Waals surface area (Å²) in [6.07, 6.45) is 1.70. The van der Waals surface area contributed by atoms with Crippen molar-refractivity contribution in [3.05, 3.63) is 52.2 Å². The minimum atomic E-state index is -0.269. The topological polar surface area (TPSA) is 33.1 Å². The van der Waals surface area contributed by atoms with E-state index in [0.29, 0.717) is 0 Å². The fraction of sp³-hybridized carbons (Fsp3) is 0.182. The lowest BCUT2D eigenvalue weighted by atomic mass is 10.0. The molecule has 1 unspecified atom stereocenters. The number of aliphatic hydroxyl groups is 1. The van der Waals surface area contributed by atoms with Crippen LogP contribution in [0.25, 0.3) is 0 Å². The lowest BCUT2D eigenvalue weighted by Crippen LogP contribution is -2.05. The first kappa shape index (κ1) is 10.3. The quantitative estimate of drug-likeness (QED) is 0.866. The summed E-state index contributed by atoms with van der Waals surface area (Å²) in [7, 11) is 0. The normalized spacial score (nSPS) is 12.7. The molecule has 0 amide bonds. The lowest BCUT2D eigenvalue weighted by molar-refractivity contribution is 0.280. The first-order valence-electron chi connectivity index (χ1n) is 4.57. The van der Waals surface area contributed by atoms with E-state index in [1.165, 1.54) is 23.5 Å². The van der Waals surface area contributed by atoms with Gasteiger partial charge >= 0.3 is 0 Å². The van der Waals surface area contributed by atoms with Gasteiger partial charge in [-0.15, -0.1) is 11.3 Å². The Labute approximate surface area is 91.0 Å². The van der Waals surface area contributed by atoms with E-state index in [1.54, 1.807) is 18.3 Å². The number of hydrogen-bond donors (Lipinski definition) is 1. The van der Waals surface area contributed by atoms with E-state index in [2.05, 4.69) is 4.98 Å². The highest BCUT2D eigenvalue weighted by atomic mass is 32.1. The molecule has 0 fully saturated rings. The Balaban J connectivity index is 2.31. The zero-order valence-corrected chi connectivity index (χ0v) is 8.75. The molecule has 1 atom stereocenters. The molecule has 0 saturated carbocycles. The van der Waals surface area contributed by atoms with E-state index in [4.69, 9.17) is 0 Å². The average molecular weight is 223 g/mol. The van der Waals surface area contributed by atoms with Gasteiger partial charge in [0.05, 0.1) is 12.5 Å². The number of halogens is 1. The summed E-state index contributed by atoms with van der Waals surface area (Å²) in [6, 6.07) is 6.15. The fourth-order valence-corrected chi connectivity index (χ4v) is 2.19. The van der Waals surface area contributed by atoms with Crippen LogP contribution in [0.3, 0.4) is 0 Å². The van der Waals surface area contributed by atoms with Crippen LogP contribution in [0.1, 0.15) is 16.5 Å². The molecule has 2 aromatic rings. The highest BCUT2D eigenvalue weighted by Gasteiger charge is 2.15. The number of benzene rings is 1. The Kier molecular flexibility index (Phi) is 3.08. The zero-order chi connectivity index (χ0) is 10.7. The molecule has 2 rings (SSSR count). The monoisotopic (exact) mass is 223 g/mol. The molecule has 1 heterocycles. The molecule has 4 heteroatoms. The fourth-order valence-electron chi connectivity index (χ4n) is 1.43. The number of thiazole rings is 1. The van der Waals surface area contributed by atoms with E-state index < -0.39 is 0 Å². The highest BCUT2D eigenvalue weighted by molar-refractivity contribution is 7.09. The van der Waals surface area contributed by atoms with Crippen molar-refractivity contribution in [2.24, 2.45) is 0 Å². The van der Waals surface area contributed by atoms with E-state index >= 15 is 0 Å². The molecule has 0 aliphatic rings. The summed E-state index contributed by atoms with van der Waals surface area (Å²) >= 11 is 1.49. The summed E-state index contributed by atoms with van der Waals surface area (Å²) in [5.74, 6) is -0.417. The first-order chi connectivity index (χ1) is 7.31. The molecule has 0 bridgehead atoms. The van der Waals surface area contributed by atoms with Gasteiger partial charge in [0.15, 0.2) is 0 Å². The molecular formula is C11H10FNOS. The number of nitrogens with zero attached hydrogens (tertiary/aromatic N) is 1. The second kappa shape index (κ2) is 4.51. The van der Waals surface area contributed by atoms with Crippen LogP contribution in [0.15, 0.2) is 35.8 Å². The van der Waals surface area contributed by atoms with Crippen LogP contribution in [0.4, 0.5) is 4.39 Å². The van der Waals surface area contributed by atoms with Crippen molar-refractivity contribution in [3.63, 3.8) is 0 Å². The third kappa shape index (κ3) is 2.22. The SMILES string of the molecule is OCC(c1ccc(F)cc1)c1nccs1. The number of aromatic nitrogens is 1. The molecule has 0 aliphatic carbocycles. The van der Waals surface area contributed by atoms with Crippen LogP contribution in [-0.4, -0.2) is 16.7 Å². The smallest absolute Gasteiger partial charge is 0.123 e. The molecule has 0 spiro atoms. The maximum Gasteiger partial charge on any atom is 0.123 e. The van der Waals surface area contributed by atoms with Crippen molar-refractivity contribution in [2.45, 2.75) is 5.92 Å². The summed E-state index contributed by atoms with van der Waals surface area (Å²) in [5, 5.41) is 12.0. The van der Waals surface area contributed by atoms with Crippen molar-refractivity contribution in [3.8, 4) is 0 Å². The van der Waals surface area contributed by atoms with Crippen molar-refractivity contribution in [1.82, 2.24) is 4.98 Å². The predicted molar refractivity (Wildman–Crippen MR) is 57.4 cm³/mol. The summed E-state index contributed by atoms with van der Waals surface area (Å²) in [5.41, 5.74) is 0.883. The van der Waals surface area contributed by atoms with Crippen LogP contribution in [0.5, 0.6) is 0 Å². The molecule has 1 aromatic carbocycles. The highest BCUT2D eigenvalue weighted by Crippen LogP contribution is 2.25. The van der Waals surface area contributed by atoms with Crippen LogP contribution in [0, 0.1) is 5.82 Å². The Morgan fingerprint density at radius 1 is 1.33 bits per heavy atom. The van der Waals surface area contributed by atoms with Crippen molar-refractivity contribution in [1.29, 1.82) is 0 Å². The Hall–Kier alpha value is -1.26. The number of aliphatic hydroxyl groups excluding tert-OH is 1. The third-order valence-corrected chi connectivity index (χ3v) is 3.09. The van der Waals surface area contributed by atoms with Gasteiger partial charge in [0.1, 0.15) is 10.8 Å². The largest absolute Gasteiger partial charge is 0.395 e. The number of rotatable bonds is 3. The second-order valence-corrected chi connectivity index (χ2v) is 4.08. The molecule has 78 valence electrons. The zero-order valence-electron chi connectivity index (χ0n) is 7.93. The maximum absolute atomic E-state index is 12.7. The molecule has 1 aromatic heterocycles. The minimum absolute atomic E-state index is 0.0147. The van der Waals surface area contributed by atoms with E-state index in [9.17, 15) is 9.50 Å². The summed E-state index contributed by atoms with van der Waals surface area (Å²) in [6.45, 7) is -0.0147. The maximum atomic E-state index is 12.7. The first-order valence-corrected chi connectivity index (χ1v) is 5.45. The minimum Gasteiger partial charge on any atom is -0.395 e. The third-order valence-electron chi connectivity index (χ3n) is 2.20. The van der Waals surface area contributed by atoms with E-state index in [-0.39, 0.29) is 18.3 Å². The van der Waals surface area contributed by atoms with Gasteiger partial charge in [-0.25, -0.2) is 9.37 Å². The summed E-state index contributed by atoms with van der Waals surface area (Å²) < 4.78 is 12.7. The van der Waals surface area contributed by atoms with Gasteiger partial charge < -0.3 is 5.11 Å². The van der Waals surface area contributed by atoms with Gasteiger partial charge in [-0.05, 0) is 17.7 Å². The van der Waals surface area contributed by atoms with Gasteiger partial charge in [0, 0.05) is 11.6 Å². The lowest BCUT2D eigenvalue weighted by Gasteiger charge is -2.11. The number of hydrogen-bond acceptors (Lipinski definition) is 3. The Morgan fingerprint density at radius 3 is 2.60 bits per heavy atom. The van der Waals surface area contributed by atoms with Crippen LogP contribution >= 0.6 is 11.3 Å². The molecule has 0 aliphatic heterocycles. The second-order valence-electron chi connectivity index (χ2n) is 3.16. The van der Waals surface area contributed by atoms with Gasteiger partial charge in [0.2, 0.25) is 0 Å².